The molecule has 3 aromatic rings. The van der Waals surface area contributed by atoms with Crippen LogP contribution in [0.5, 0.6) is 5.75 Å². The van der Waals surface area contributed by atoms with Gasteiger partial charge in [0.25, 0.3) is 0 Å². The van der Waals surface area contributed by atoms with Crippen molar-refractivity contribution in [3.63, 3.8) is 0 Å². The number of ether oxygens (including phenoxy) is 1. The average Bonchev–Trinajstić information content (AvgIpc) is 3.10. The van der Waals surface area contributed by atoms with Crippen LogP contribution in [0.15, 0.2) is 114 Å². The summed E-state index contributed by atoms with van der Waals surface area (Å²) >= 11 is 0. The zero-order valence-corrected chi connectivity index (χ0v) is 39.7. The summed E-state index contributed by atoms with van der Waals surface area (Å²) < 4.78 is 113. The third-order valence-electron chi connectivity index (χ3n) is 6.50. The van der Waals surface area contributed by atoms with Crippen LogP contribution in [-0.4, -0.2) is 86.4 Å². The smallest absolute Gasteiger partial charge is 0.883 e. The summed E-state index contributed by atoms with van der Waals surface area (Å²) in [6.07, 6.45) is 0.725. The van der Waals surface area contributed by atoms with E-state index < -0.39 is 92.1 Å². The molecule has 0 bridgehead atoms. The van der Waals surface area contributed by atoms with Crippen molar-refractivity contribution in [1.29, 1.82) is 0 Å². The zero-order valence-electron chi connectivity index (χ0n) is 30.3. The van der Waals surface area contributed by atoms with Gasteiger partial charge in [0.1, 0.15) is 20.2 Å². The quantitative estimate of drug-likeness (QED) is 0.0209. The third-order valence-corrected chi connectivity index (χ3v) is 9.38. The normalized spacial score (nSPS) is 13.6. The molecule has 0 saturated carbocycles. The van der Waals surface area contributed by atoms with Crippen molar-refractivity contribution in [3.8, 4) is 5.75 Å². The molecule has 58 heavy (non-hydrogen) atoms. The van der Waals surface area contributed by atoms with E-state index in [4.69, 9.17) is 4.74 Å². The first-order valence-corrected chi connectivity index (χ1v) is 19.1. The fourth-order valence-electron chi connectivity index (χ4n) is 3.95. The maximum absolute atomic E-state index is 14.3. The third kappa shape index (κ3) is 16.9. The monoisotopic (exact) mass is 936 g/mol. The number of nitrogens with zero attached hydrogens (tertiary/aromatic N) is 7. The van der Waals surface area contributed by atoms with Crippen molar-refractivity contribution in [2.24, 2.45) is 20.4 Å². The molecule has 21 nitrogen and oxygen atoms in total. The molecule has 1 aliphatic carbocycles. The van der Waals surface area contributed by atoms with Crippen molar-refractivity contribution >= 4 is 64.9 Å². The van der Waals surface area contributed by atoms with Gasteiger partial charge in [-0.15, -0.1) is 20.4 Å². The number of aromatic nitrogens is 3. The van der Waals surface area contributed by atoms with Crippen molar-refractivity contribution in [2.45, 2.75) is 4.90 Å². The Hall–Kier alpha value is -2.47. The molecule has 1 aromatic heterocycles. The molecule has 1 radical (unpaired) electrons. The number of benzene rings is 2. The van der Waals surface area contributed by atoms with Gasteiger partial charge in [0, 0.05) is 23.2 Å². The van der Waals surface area contributed by atoms with Crippen LogP contribution in [0.25, 0.3) is 0 Å². The first-order chi connectivity index (χ1) is 25.4. The molecule has 2 N–H and O–H groups in total. The maximum Gasteiger partial charge on any atom is 2.00 e. The van der Waals surface area contributed by atoms with Crippen LogP contribution < -0.4 is 115 Å². The molecule has 0 fully saturated rings. The van der Waals surface area contributed by atoms with E-state index in [1.54, 1.807) is 6.07 Å². The number of nitrogens with one attached hydrogen (secondary N) is 2. The Morgan fingerprint density at radius 1 is 0.914 bits per heavy atom. The molecule has 0 aliphatic heterocycles. The number of amidine groups is 1. The van der Waals surface area contributed by atoms with Crippen LogP contribution in [0, 0.1) is 6.08 Å². The number of halogens is 1. The Morgan fingerprint density at radius 2 is 1.57 bits per heavy atom. The molecule has 295 valence electrons. The number of sulfone groups is 1. The first kappa shape index (κ1) is 55.5. The van der Waals surface area contributed by atoms with Gasteiger partial charge in [0.15, 0.2) is 9.84 Å². The molecule has 2 aromatic carbocycles. The van der Waals surface area contributed by atoms with E-state index in [1.165, 1.54) is 24.3 Å². The van der Waals surface area contributed by atoms with Gasteiger partial charge < -0.3 is 39.8 Å². The Labute approximate surface area is 407 Å². The predicted molar refractivity (Wildman–Crippen MR) is 179 cm³/mol. The van der Waals surface area contributed by atoms with E-state index in [-0.39, 0.29) is 143 Å². The topological polar surface area (TPSA) is 339 Å². The Bertz CT molecular complexity index is 2480. The van der Waals surface area contributed by atoms with Gasteiger partial charge in [-0.3, -0.25) is 0 Å². The molecule has 0 saturated heterocycles. The van der Waals surface area contributed by atoms with E-state index in [1.807, 2.05) is 0 Å². The minimum Gasteiger partial charge on any atom is -0.883 e. The van der Waals surface area contributed by atoms with Crippen LogP contribution in [0.4, 0.5) is 27.7 Å². The standard InChI is InChI=1S/C29H28FN9O12S3.Cu.3Na/c1-2-52(43,44)13-12-51-11-10-31-28-33-27(30)34-29(35-28)32-22-15-19(54(48,49)50)16-23(24(22)40)37-39-25(17-6-4-3-5-7-17)38-36-21-14-18(53(45,46)47)8-9-20(21)26(41)42;;;;/h2-9,14-16,40-42H,1,10-13H2,(H,45,46,47)(H,48,49,50)(H2,31,32,33,34,35);;;;/q;+2;3*+1/p-5. The molecule has 0 spiro atoms. The second kappa shape index (κ2) is 24.7. The second-order valence-corrected chi connectivity index (χ2v) is 15.1. The van der Waals surface area contributed by atoms with Gasteiger partial charge >= 0.3 is 112 Å². The van der Waals surface area contributed by atoms with Crippen molar-refractivity contribution < 1.29 is 165 Å². The molecule has 1 aliphatic rings. The van der Waals surface area contributed by atoms with Crippen LogP contribution in [0.2, 0.25) is 0 Å². The largest absolute Gasteiger partial charge is 2.00 e. The van der Waals surface area contributed by atoms with Gasteiger partial charge in [-0.2, -0.15) is 25.3 Å². The summed E-state index contributed by atoms with van der Waals surface area (Å²) in [6, 6.07) is 8.59. The fraction of sp³-hybridized carbons (Fsp3) is 0.138. The maximum atomic E-state index is 14.3. The van der Waals surface area contributed by atoms with Crippen molar-refractivity contribution in [3.05, 3.63) is 101 Å². The zero-order chi connectivity index (χ0) is 39.7. The number of hydrogen-bond donors (Lipinski definition) is 2. The van der Waals surface area contributed by atoms with Crippen LogP contribution in [-0.2, 0) is 51.9 Å². The minimum atomic E-state index is -5.28. The SMILES string of the molecule is C=CS(=O)(=O)CCOCCNc1nc(F)nc(Nc2cc(S(=O)(=O)[O-])cc(N=NC(=NN=C3C=C(S(=O)(=O)[O-])C=CC3=C([O-])[O-])c3ccccc3)c2[O-])n1.[Cu+2].[Na+].[Na+].[Na+]. The number of hydrogen-bond acceptors (Lipinski definition) is 20. The first-order valence-electron chi connectivity index (χ1n) is 14.6. The van der Waals surface area contributed by atoms with E-state index in [9.17, 15) is 54.1 Å². The molecule has 29 heteroatoms. The summed E-state index contributed by atoms with van der Waals surface area (Å²) in [5.74, 6) is -4.75. The second-order valence-electron chi connectivity index (χ2n) is 10.2. The number of allylic oxidation sites excluding steroid dienone is 4. The summed E-state index contributed by atoms with van der Waals surface area (Å²) in [4.78, 5) is 8.83. The van der Waals surface area contributed by atoms with Crippen LogP contribution >= 0.6 is 0 Å². The van der Waals surface area contributed by atoms with Gasteiger partial charge in [-0.05, 0) is 29.9 Å². The average molecular weight is 937 g/mol. The predicted octanol–water partition coefficient (Wildman–Crippen LogP) is -9.45. The number of anilines is 3. The van der Waals surface area contributed by atoms with Gasteiger partial charge in [0.05, 0.1) is 40.2 Å². The summed E-state index contributed by atoms with van der Waals surface area (Å²) in [5.41, 5.74) is -2.67. The van der Waals surface area contributed by atoms with E-state index in [0.29, 0.717) is 18.2 Å². The molecule has 1 heterocycles. The summed E-state index contributed by atoms with van der Waals surface area (Å²) in [6.45, 7) is 2.89. The van der Waals surface area contributed by atoms with Gasteiger partial charge in [0.2, 0.25) is 17.7 Å². The van der Waals surface area contributed by atoms with E-state index in [2.05, 4.69) is 52.6 Å². The number of azo groups is 1. The fourth-order valence-corrected chi connectivity index (χ4v) is 5.47. The van der Waals surface area contributed by atoms with E-state index in [0.717, 1.165) is 17.6 Å². The van der Waals surface area contributed by atoms with Gasteiger partial charge in [-0.1, -0.05) is 48.7 Å². The molecule has 0 atom stereocenters. The minimum absolute atomic E-state index is 0. The van der Waals surface area contributed by atoms with Crippen LogP contribution in [0.3, 0.4) is 0 Å². The Kier molecular flexibility index (Phi) is 23.7. The molecule has 0 unspecified atom stereocenters. The summed E-state index contributed by atoms with van der Waals surface area (Å²) in [7, 11) is -13.8. The molecular weight excluding hydrogens is 914 g/mol. The Morgan fingerprint density at radius 3 is 2.17 bits per heavy atom. The van der Waals surface area contributed by atoms with Crippen molar-refractivity contribution in [1.82, 2.24) is 15.0 Å². The van der Waals surface area contributed by atoms with Gasteiger partial charge in [-0.25, -0.2) is 25.3 Å². The molecule has 0 amide bonds. The molecule has 4 rings (SSSR count). The van der Waals surface area contributed by atoms with E-state index >= 15 is 0 Å². The molecular formula is C29H23CuFN9Na3O12S3. The van der Waals surface area contributed by atoms with Crippen molar-refractivity contribution in [2.75, 3.05) is 36.1 Å². The number of rotatable bonds is 15. The Balaban J connectivity index is 0.00000812. The summed E-state index contributed by atoms with van der Waals surface area (Å²) in [5, 5.41) is 57.3. The van der Waals surface area contributed by atoms with Crippen LogP contribution in [0.1, 0.15) is 5.56 Å².